The van der Waals surface area contributed by atoms with E-state index < -0.39 is 0 Å². The van der Waals surface area contributed by atoms with Gasteiger partial charge in [0.1, 0.15) is 0 Å². The minimum Gasteiger partial charge on any atom is -0.481 e. The van der Waals surface area contributed by atoms with Gasteiger partial charge in [-0.3, -0.25) is 5.43 Å². The molecule has 0 radical (unpaired) electrons. The molecule has 0 amide bonds. The lowest BCUT2D eigenvalue weighted by Crippen LogP contribution is -2.27. The Morgan fingerprint density at radius 3 is 3.00 bits per heavy atom. The number of allylic oxidation sites excluding steroid dienone is 2. The largest absolute Gasteiger partial charge is 0.481 e. The first kappa shape index (κ1) is 6.35. The quantitative estimate of drug-likeness (QED) is 0.528. The molecule has 0 fully saturated rings. The molecule has 50 valence electrons. The number of nitrogens with zero attached hydrogens (tertiary/aromatic N) is 1. The molecule has 0 spiro atoms. The average molecular weight is 144 g/mol. The van der Waals surface area contributed by atoms with E-state index >= 15 is 0 Å². The highest BCUT2D eigenvalue weighted by Gasteiger charge is 1.99. The van der Waals surface area contributed by atoms with Gasteiger partial charge in [0.05, 0.1) is 7.11 Å². The number of methoxy groups -OCH3 is 1. The zero-order valence-corrected chi connectivity index (χ0v) is 5.93. The number of ether oxygens (including phenoxy) is 1. The van der Waals surface area contributed by atoms with Gasteiger partial charge in [-0.05, 0) is 18.9 Å². The van der Waals surface area contributed by atoms with Crippen LogP contribution in [0.3, 0.4) is 0 Å². The Balaban J connectivity index is 2.55. The van der Waals surface area contributed by atoms with Crippen molar-refractivity contribution >= 4 is 12.8 Å². The summed E-state index contributed by atoms with van der Waals surface area (Å²) in [6, 6.07) is 0. The third-order valence-electron chi connectivity index (χ3n) is 0.920. The predicted octanol–water partition coefficient (Wildman–Crippen LogP) is 0.653. The molecule has 0 aromatic heterocycles. The molecule has 0 saturated carbocycles. The number of nitrogens with one attached hydrogen (secondary N) is 1. The van der Waals surface area contributed by atoms with E-state index in [1.165, 1.54) is 4.41 Å². The average Bonchev–Trinajstić information content (AvgIpc) is 1.88. The first-order chi connectivity index (χ1) is 4.33. The van der Waals surface area contributed by atoms with E-state index in [9.17, 15) is 0 Å². The van der Waals surface area contributed by atoms with Crippen molar-refractivity contribution in [1.82, 2.24) is 9.84 Å². The Labute approximate surface area is 59.5 Å². The van der Waals surface area contributed by atoms with E-state index in [2.05, 4.69) is 18.2 Å². The monoisotopic (exact) mass is 144 g/mol. The van der Waals surface area contributed by atoms with Crippen molar-refractivity contribution in [2.24, 2.45) is 0 Å². The highest BCUT2D eigenvalue weighted by molar-refractivity contribution is 7.77. The fraction of sp³-hybridized carbons (Fsp3) is 0.200. The summed E-state index contributed by atoms with van der Waals surface area (Å²) >= 11 is 3.99. The van der Waals surface area contributed by atoms with Crippen molar-refractivity contribution in [2.45, 2.75) is 0 Å². The van der Waals surface area contributed by atoms with Crippen LogP contribution in [0.2, 0.25) is 0 Å². The molecule has 0 aliphatic carbocycles. The van der Waals surface area contributed by atoms with E-state index in [4.69, 9.17) is 4.74 Å². The Hall–Kier alpha value is -0.770. The van der Waals surface area contributed by atoms with Gasteiger partial charge in [0.25, 0.3) is 0 Å². The third kappa shape index (κ3) is 1.57. The maximum atomic E-state index is 4.87. The van der Waals surface area contributed by atoms with Crippen LogP contribution in [0.15, 0.2) is 24.2 Å². The van der Waals surface area contributed by atoms with Crippen LogP contribution >= 0.6 is 12.8 Å². The summed E-state index contributed by atoms with van der Waals surface area (Å²) in [5.74, 6) is 0.688. The number of hydrazine groups is 1. The third-order valence-corrected chi connectivity index (χ3v) is 1.15. The second kappa shape index (κ2) is 2.68. The fourth-order valence-electron chi connectivity index (χ4n) is 0.513. The molecule has 9 heavy (non-hydrogen) atoms. The second-order valence-corrected chi connectivity index (χ2v) is 1.96. The van der Waals surface area contributed by atoms with Crippen molar-refractivity contribution in [3.8, 4) is 0 Å². The molecule has 4 heteroatoms. The molecule has 1 N–H and O–H groups in total. The SMILES string of the molecule is COC1=CC=CN(S)N1. The minimum atomic E-state index is 0.688. The highest BCUT2D eigenvalue weighted by Crippen LogP contribution is 2.02. The van der Waals surface area contributed by atoms with Crippen molar-refractivity contribution < 1.29 is 4.74 Å². The van der Waals surface area contributed by atoms with Gasteiger partial charge in [-0.1, -0.05) is 0 Å². The molecule has 0 unspecified atom stereocenters. The van der Waals surface area contributed by atoms with Crippen LogP contribution in [0.4, 0.5) is 0 Å². The van der Waals surface area contributed by atoms with E-state index in [-0.39, 0.29) is 0 Å². The van der Waals surface area contributed by atoms with Gasteiger partial charge >= 0.3 is 0 Å². The van der Waals surface area contributed by atoms with Gasteiger partial charge in [-0.25, -0.2) is 4.41 Å². The summed E-state index contributed by atoms with van der Waals surface area (Å²) in [5, 5.41) is 0. The van der Waals surface area contributed by atoms with Crippen molar-refractivity contribution in [2.75, 3.05) is 7.11 Å². The molecule has 0 bridgehead atoms. The van der Waals surface area contributed by atoms with Gasteiger partial charge in [-0.2, -0.15) is 0 Å². The summed E-state index contributed by atoms with van der Waals surface area (Å²) in [5.41, 5.74) is 2.82. The summed E-state index contributed by atoms with van der Waals surface area (Å²) in [6.45, 7) is 0. The maximum Gasteiger partial charge on any atom is 0.206 e. The zero-order chi connectivity index (χ0) is 6.69. The smallest absolute Gasteiger partial charge is 0.206 e. The van der Waals surface area contributed by atoms with Gasteiger partial charge in [0, 0.05) is 12.3 Å². The Morgan fingerprint density at radius 1 is 1.78 bits per heavy atom. The highest BCUT2D eigenvalue weighted by atomic mass is 32.1. The van der Waals surface area contributed by atoms with E-state index in [1.54, 1.807) is 13.3 Å². The molecule has 0 aromatic carbocycles. The van der Waals surface area contributed by atoms with Crippen molar-refractivity contribution in [3.05, 3.63) is 24.2 Å². The van der Waals surface area contributed by atoms with Gasteiger partial charge < -0.3 is 4.74 Å². The summed E-state index contributed by atoms with van der Waals surface area (Å²) in [4.78, 5) is 0. The lowest BCUT2D eigenvalue weighted by atomic mass is 10.5. The van der Waals surface area contributed by atoms with Gasteiger partial charge in [0.15, 0.2) is 0 Å². The van der Waals surface area contributed by atoms with Gasteiger partial charge in [-0.15, -0.1) is 0 Å². The van der Waals surface area contributed by atoms with E-state index in [0.29, 0.717) is 5.88 Å². The molecule has 0 saturated heterocycles. The molecule has 3 nitrogen and oxygen atoms in total. The van der Waals surface area contributed by atoms with Crippen LogP contribution in [0.5, 0.6) is 0 Å². The first-order valence-electron chi connectivity index (χ1n) is 2.50. The van der Waals surface area contributed by atoms with E-state index in [1.807, 2.05) is 12.2 Å². The molecular formula is C5H8N2OS. The summed E-state index contributed by atoms with van der Waals surface area (Å²) in [7, 11) is 1.60. The van der Waals surface area contributed by atoms with Crippen LogP contribution in [0.25, 0.3) is 0 Å². The topological polar surface area (TPSA) is 24.5 Å². The molecule has 0 aromatic rings. The summed E-state index contributed by atoms with van der Waals surface area (Å²) in [6.07, 6.45) is 5.42. The molecule has 0 atom stereocenters. The van der Waals surface area contributed by atoms with Crippen LogP contribution in [-0.4, -0.2) is 11.5 Å². The molecule has 1 aliphatic rings. The first-order valence-corrected chi connectivity index (χ1v) is 2.90. The fourth-order valence-corrected chi connectivity index (χ4v) is 0.689. The number of thiol groups is 1. The standard InChI is InChI=1S/C5H8N2OS/c1-8-5-3-2-4-7(9)6-5/h2-4,6,9H,1H3. The zero-order valence-electron chi connectivity index (χ0n) is 5.03. The minimum absolute atomic E-state index is 0.688. The Bertz CT molecular complexity index is 155. The van der Waals surface area contributed by atoms with Crippen LogP contribution < -0.4 is 5.43 Å². The van der Waals surface area contributed by atoms with Crippen LogP contribution in [-0.2, 0) is 4.74 Å². The Morgan fingerprint density at radius 2 is 2.56 bits per heavy atom. The maximum absolute atomic E-state index is 4.87. The second-order valence-electron chi connectivity index (χ2n) is 1.53. The lowest BCUT2D eigenvalue weighted by Gasteiger charge is -2.18. The van der Waals surface area contributed by atoms with Crippen LogP contribution in [0, 0.1) is 0 Å². The van der Waals surface area contributed by atoms with Crippen LogP contribution in [0.1, 0.15) is 0 Å². The van der Waals surface area contributed by atoms with Gasteiger partial charge in [0.2, 0.25) is 5.88 Å². The lowest BCUT2D eigenvalue weighted by molar-refractivity contribution is 0.228. The van der Waals surface area contributed by atoms with Crippen molar-refractivity contribution in [1.29, 1.82) is 0 Å². The normalized spacial score (nSPS) is 16.7. The molecule has 1 rings (SSSR count). The molecular weight excluding hydrogens is 136 g/mol. The predicted molar refractivity (Wildman–Crippen MR) is 38.2 cm³/mol. The molecule has 1 heterocycles. The van der Waals surface area contributed by atoms with Crippen molar-refractivity contribution in [3.63, 3.8) is 0 Å². The number of hydrogen-bond donors (Lipinski definition) is 2. The number of hydrogen-bond acceptors (Lipinski definition) is 4. The Kier molecular flexibility index (Phi) is 1.89. The van der Waals surface area contributed by atoms with E-state index in [0.717, 1.165) is 0 Å². The summed E-state index contributed by atoms with van der Waals surface area (Å²) < 4.78 is 6.38. The molecule has 1 aliphatic heterocycles. The number of rotatable bonds is 1.